The Morgan fingerprint density at radius 3 is 2.71 bits per heavy atom. The molecule has 1 saturated heterocycles. The number of nitrogens with zero attached hydrogens (tertiary/aromatic N) is 2. The zero-order chi connectivity index (χ0) is 15.2. The van der Waals surface area contributed by atoms with Crippen LogP contribution in [0, 0.1) is 0 Å². The van der Waals surface area contributed by atoms with Crippen LogP contribution < -0.4 is 5.56 Å². The molecule has 2 aromatic rings. The van der Waals surface area contributed by atoms with E-state index in [9.17, 15) is 13.2 Å². The summed E-state index contributed by atoms with van der Waals surface area (Å²) in [5.41, 5.74) is 0.368. The maximum atomic E-state index is 12.7. The van der Waals surface area contributed by atoms with E-state index in [0.717, 1.165) is 0 Å². The van der Waals surface area contributed by atoms with E-state index in [1.54, 1.807) is 25.1 Å². The average molecular weight is 327 g/mol. The molecule has 7 heteroatoms. The topological polar surface area (TPSA) is 69.0 Å². The number of para-hydroxylation sites is 1. The quantitative estimate of drug-likeness (QED) is 0.792. The van der Waals surface area contributed by atoms with Gasteiger partial charge in [0, 0.05) is 0 Å². The summed E-state index contributed by atoms with van der Waals surface area (Å²) in [7, 11) is -3.09. The molecule has 21 heavy (non-hydrogen) atoms. The van der Waals surface area contributed by atoms with Gasteiger partial charge in [-0.2, -0.15) is 0 Å². The summed E-state index contributed by atoms with van der Waals surface area (Å²) in [5, 5.41) is 0.0217. The van der Waals surface area contributed by atoms with Crippen molar-refractivity contribution in [3.05, 3.63) is 40.4 Å². The second-order valence-corrected chi connectivity index (χ2v) is 8.22. The number of halogens is 1. The summed E-state index contributed by atoms with van der Waals surface area (Å²) in [4.78, 5) is 17.2. The van der Waals surface area contributed by atoms with Gasteiger partial charge < -0.3 is 0 Å². The van der Waals surface area contributed by atoms with Gasteiger partial charge in [0.1, 0.15) is 5.82 Å². The summed E-state index contributed by atoms with van der Waals surface area (Å²) in [6, 6.07) is 6.66. The predicted octanol–water partition coefficient (Wildman–Crippen LogP) is 2.06. The number of fused-ring (bicyclic) bond motifs is 1. The van der Waals surface area contributed by atoms with Crippen LogP contribution in [0.2, 0.25) is 0 Å². The Morgan fingerprint density at radius 1 is 1.38 bits per heavy atom. The van der Waals surface area contributed by atoms with Crippen molar-refractivity contribution >= 4 is 32.3 Å². The summed E-state index contributed by atoms with van der Waals surface area (Å²) in [6.07, 6.45) is 0.429. The summed E-state index contributed by atoms with van der Waals surface area (Å²) in [5.74, 6) is 0.513. The first-order valence-electron chi connectivity index (χ1n) is 6.75. The molecule has 1 fully saturated rings. The first-order chi connectivity index (χ1) is 9.89. The third kappa shape index (κ3) is 2.58. The molecule has 1 aromatic heterocycles. The Kier molecular flexibility index (Phi) is 3.53. The molecule has 2 atom stereocenters. The number of benzene rings is 1. The van der Waals surface area contributed by atoms with Crippen LogP contribution in [0.5, 0.6) is 0 Å². The molecule has 0 aliphatic carbocycles. The fourth-order valence-electron chi connectivity index (χ4n) is 2.78. The second-order valence-electron chi connectivity index (χ2n) is 5.34. The Morgan fingerprint density at radius 2 is 2.10 bits per heavy atom. The van der Waals surface area contributed by atoms with Gasteiger partial charge in [0.25, 0.3) is 5.56 Å². The van der Waals surface area contributed by atoms with Crippen LogP contribution in [0.3, 0.4) is 0 Å². The molecule has 0 radical (unpaired) electrons. The van der Waals surface area contributed by atoms with E-state index in [4.69, 9.17) is 11.6 Å². The van der Waals surface area contributed by atoms with Crippen molar-refractivity contribution in [2.24, 2.45) is 0 Å². The molecule has 2 heterocycles. The minimum atomic E-state index is -3.09. The highest BCUT2D eigenvalue weighted by Gasteiger charge is 2.32. The number of alkyl halides is 1. The zero-order valence-corrected chi connectivity index (χ0v) is 13.1. The summed E-state index contributed by atoms with van der Waals surface area (Å²) < 4.78 is 24.9. The van der Waals surface area contributed by atoms with Crippen LogP contribution in [0.4, 0.5) is 0 Å². The van der Waals surface area contributed by atoms with Crippen molar-refractivity contribution in [3.63, 3.8) is 0 Å². The normalized spacial score (nSPS) is 22.5. The van der Waals surface area contributed by atoms with Crippen LogP contribution in [-0.4, -0.2) is 29.5 Å². The highest BCUT2D eigenvalue weighted by Crippen LogP contribution is 2.28. The third-order valence-electron chi connectivity index (χ3n) is 3.76. The highest BCUT2D eigenvalue weighted by molar-refractivity contribution is 7.91. The van der Waals surface area contributed by atoms with E-state index in [1.807, 2.05) is 6.07 Å². The van der Waals surface area contributed by atoms with Crippen LogP contribution in [-0.2, 0) is 9.84 Å². The summed E-state index contributed by atoms with van der Waals surface area (Å²) in [6.45, 7) is 1.73. The van der Waals surface area contributed by atoms with Crippen LogP contribution in [0.25, 0.3) is 10.9 Å². The molecule has 0 amide bonds. The van der Waals surface area contributed by atoms with Crippen LogP contribution in [0.1, 0.15) is 30.6 Å². The van der Waals surface area contributed by atoms with Gasteiger partial charge in [-0.15, -0.1) is 11.6 Å². The lowest BCUT2D eigenvalue weighted by Gasteiger charge is -2.19. The van der Waals surface area contributed by atoms with E-state index in [-0.39, 0.29) is 23.1 Å². The largest absolute Gasteiger partial charge is 0.291 e. The highest BCUT2D eigenvalue weighted by atomic mass is 35.5. The van der Waals surface area contributed by atoms with Gasteiger partial charge in [0.15, 0.2) is 9.84 Å². The molecule has 0 bridgehead atoms. The van der Waals surface area contributed by atoms with Crippen molar-refractivity contribution in [1.29, 1.82) is 0 Å². The number of rotatable bonds is 2. The zero-order valence-electron chi connectivity index (χ0n) is 11.5. The molecular formula is C14H15ClN2O3S. The first kappa shape index (κ1) is 14.5. The first-order valence-corrected chi connectivity index (χ1v) is 9.00. The Hall–Kier alpha value is -1.40. The lowest BCUT2D eigenvalue weighted by molar-refractivity contribution is 0.508. The van der Waals surface area contributed by atoms with Crippen molar-refractivity contribution in [2.75, 3.05) is 11.5 Å². The van der Waals surface area contributed by atoms with Crippen LogP contribution in [0.15, 0.2) is 29.1 Å². The monoisotopic (exact) mass is 326 g/mol. The van der Waals surface area contributed by atoms with E-state index in [1.165, 1.54) is 4.57 Å². The lowest BCUT2D eigenvalue weighted by atomic mass is 10.2. The predicted molar refractivity (Wildman–Crippen MR) is 82.6 cm³/mol. The molecule has 2 unspecified atom stereocenters. The molecule has 112 valence electrons. The Bertz CT molecular complexity index is 858. The van der Waals surface area contributed by atoms with Crippen molar-refractivity contribution in [2.45, 2.75) is 24.8 Å². The number of hydrogen-bond donors (Lipinski definition) is 0. The lowest BCUT2D eigenvalue weighted by Crippen LogP contribution is -2.30. The Balaban J connectivity index is 2.27. The molecule has 1 aliphatic heterocycles. The van der Waals surface area contributed by atoms with E-state index >= 15 is 0 Å². The Labute approximate surface area is 127 Å². The second kappa shape index (κ2) is 5.10. The molecule has 5 nitrogen and oxygen atoms in total. The number of aromatic nitrogens is 2. The average Bonchev–Trinajstić information content (AvgIpc) is 2.78. The molecule has 0 N–H and O–H groups in total. The minimum absolute atomic E-state index is 0.0243. The fourth-order valence-corrected chi connectivity index (χ4v) is 4.63. The molecule has 1 aliphatic rings. The van der Waals surface area contributed by atoms with Gasteiger partial charge >= 0.3 is 0 Å². The maximum absolute atomic E-state index is 12.7. The van der Waals surface area contributed by atoms with E-state index in [2.05, 4.69) is 4.98 Å². The molecule has 3 rings (SSSR count). The van der Waals surface area contributed by atoms with Gasteiger partial charge in [-0.1, -0.05) is 12.1 Å². The fraction of sp³-hybridized carbons (Fsp3) is 0.429. The number of hydrogen-bond acceptors (Lipinski definition) is 4. The van der Waals surface area contributed by atoms with Gasteiger partial charge in [0.2, 0.25) is 0 Å². The van der Waals surface area contributed by atoms with Crippen molar-refractivity contribution in [3.8, 4) is 0 Å². The molecule has 0 spiro atoms. The molecular weight excluding hydrogens is 312 g/mol. The number of sulfone groups is 1. The SMILES string of the molecule is CC(Cl)c1nc2ccccc2c(=O)n1C1CCS(=O)(=O)C1. The molecule has 0 saturated carbocycles. The smallest absolute Gasteiger partial charge is 0.261 e. The maximum Gasteiger partial charge on any atom is 0.261 e. The van der Waals surface area contributed by atoms with Crippen molar-refractivity contribution in [1.82, 2.24) is 9.55 Å². The summed E-state index contributed by atoms with van der Waals surface area (Å²) >= 11 is 6.16. The van der Waals surface area contributed by atoms with Gasteiger partial charge in [-0.25, -0.2) is 13.4 Å². The van der Waals surface area contributed by atoms with Crippen LogP contribution >= 0.6 is 11.6 Å². The van der Waals surface area contributed by atoms with E-state index < -0.39 is 15.2 Å². The standard InChI is InChI=1S/C14H15ClN2O3S/c1-9(15)13-16-12-5-3-2-4-11(12)14(18)17(13)10-6-7-21(19,20)8-10/h2-5,9-10H,6-8H2,1H3. The molecule has 1 aromatic carbocycles. The van der Waals surface area contributed by atoms with Gasteiger partial charge in [0.05, 0.1) is 33.8 Å². The van der Waals surface area contributed by atoms with Gasteiger partial charge in [-0.05, 0) is 25.5 Å². The van der Waals surface area contributed by atoms with E-state index in [0.29, 0.717) is 23.1 Å². The minimum Gasteiger partial charge on any atom is -0.291 e. The van der Waals surface area contributed by atoms with Crippen molar-refractivity contribution < 1.29 is 8.42 Å². The third-order valence-corrected chi connectivity index (χ3v) is 5.71. The van der Waals surface area contributed by atoms with Gasteiger partial charge in [-0.3, -0.25) is 9.36 Å².